The summed E-state index contributed by atoms with van der Waals surface area (Å²) in [5.41, 5.74) is 7.79. The van der Waals surface area contributed by atoms with Crippen molar-refractivity contribution >= 4 is 22.9 Å². The summed E-state index contributed by atoms with van der Waals surface area (Å²) in [6.45, 7) is 0. The van der Waals surface area contributed by atoms with Crippen LogP contribution in [0.1, 0.15) is 16.6 Å². The van der Waals surface area contributed by atoms with Crippen molar-refractivity contribution < 1.29 is 0 Å². The maximum absolute atomic E-state index is 6.16. The topological polar surface area (TPSA) is 56.7 Å². The summed E-state index contributed by atoms with van der Waals surface area (Å²) < 4.78 is 0.723. The highest BCUT2D eigenvalue weighted by molar-refractivity contribution is 7.16. The first kappa shape index (κ1) is 12.3. The van der Waals surface area contributed by atoms with E-state index >= 15 is 0 Å². The molecular weight excluding hydrogens is 280 g/mol. The van der Waals surface area contributed by atoms with Gasteiger partial charge in [-0.1, -0.05) is 29.8 Å². The summed E-state index contributed by atoms with van der Waals surface area (Å²) in [4.78, 5) is 2.55. The van der Waals surface area contributed by atoms with Crippen molar-refractivity contribution in [3.8, 4) is 5.69 Å². The van der Waals surface area contributed by atoms with Gasteiger partial charge in [0.15, 0.2) is 0 Å². The lowest BCUT2D eigenvalue weighted by atomic mass is 10.2. The van der Waals surface area contributed by atoms with Crippen molar-refractivity contribution in [2.45, 2.75) is 6.04 Å². The minimum Gasteiger partial charge on any atom is -0.318 e. The molecule has 19 heavy (non-hydrogen) atoms. The predicted molar refractivity (Wildman–Crippen MR) is 76.7 cm³/mol. The van der Waals surface area contributed by atoms with Crippen LogP contribution in [0.4, 0.5) is 0 Å². The van der Waals surface area contributed by atoms with Crippen LogP contribution in [0.3, 0.4) is 0 Å². The molecule has 0 fully saturated rings. The maximum Gasteiger partial charge on any atom is 0.105 e. The number of thiophene rings is 1. The molecule has 4 nitrogen and oxygen atoms in total. The Bertz CT molecular complexity index is 677. The molecule has 6 heteroatoms. The Morgan fingerprint density at radius 1 is 1.16 bits per heavy atom. The van der Waals surface area contributed by atoms with Crippen LogP contribution in [0.15, 0.2) is 48.7 Å². The number of rotatable bonds is 3. The minimum absolute atomic E-state index is 0.296. The minimum atomic E-state index is -0.296. The average molecular weight is 291 g/mol. The summed E-state index contributed by atoms with van der Waals surface area (Å²) in [6.07, 6.45) is 1.69. The van der Waals surface area contributed by atoms with Crippen molar-refractivity contribution in [2.75, 3.05) is 0 Å². The Hall–Kier alpha value is -1.69. The number of hydrogen-bond acceptors (Lipinski definition) is 4. The Kier molecular flexibility index (Phi) is 3.33. The molecule has 1 unspecified atom stereocenters. The Balaban J connectivity index is 1.89. The van der Waals surface area contributed by atoms with Gasteiger partial charge in [0.05, 0.1) is 22.3 Å². The molecule has 0 spiro atoms. The van der Waals surface area contributed by atoms with E-state index in [0.717, 1.165) is 20.6 Å². The third kappa shape index (κ3) is 2.53. The summed E-state index contributed by atoms with van der Waals surface area (Å²) in [5.74, 6) is 0. The lowest BCUT2D eigenvalue weighted by molar-refractivity contribution is 0.723. The third-order valence-corrected chi connectivity index (χ3v) is 4.03. The quantitative estimate of drug-likeness (QED) is 0.806. The fourth-order valence-electron chi connectivity index (χ4n) is 1.74. The SMILES string of the molecule is NC(c1cnn(-c2ccccc2)n1)c1ccc(Cl)s1. The van der Waals surface area contributed by atoms with E-state index in [2.05, 4.69) is 10.2 Å². The van der Waals surface area contributed by atoms with Crippen molar-refractivity contribution in [3.05, 3.63) is 63.6 Å². The van der Waals surface area contributed by atoms with Gasteiger partial charge in [0, 0.05) is 4.88 Å². The largest absolute Gasteiger partial charge is 0.318 e. The van der Waals surface area contributed by atoms with Crippen LogP contribution in [0, 0.1) is 0 Å². The van der Waals surface area contributed by atoms with Crippen LogP contribution in [0.25, 0.3) is 5.69 Å². The highest BCUT2D eigenvalue weighted by atomic mass is 35.5. The second-order valence-corrected chi connectivity index (χ2v) is 5.76. The number of aromatic nitrogens is 3. The number of benzene rings is 1. The first-order chi connectivity index (χ1) is 9.24. The molecule has 2 aromatic heterocycles. The van der Waals surface area contributed by atoms with Gasteiger partial charge in [-0.05, 0) is 24.3 Å². The van der Waals surface area contributed by atoms with E-state index in [-0.39, 0.29) is 6.04 Å². The average Bonchev–Trinajstić information content (AvgIpc) is 3.08. The molecule has 2 heterocycles. The zero-order chi connectivity index (χ0) is 13.2. The molecule has 0 aliphatic carbocycles. The van der Waals surface area contributed by atoms with Crippen LogP contribution in [0.2, 0.25) is 4.34 Å². The van der Waals surface area contributed by atoms with E-state index in [0.29, 0.717) is 0 Å². The summed E-state index contributed by atoms with van der Waals surface area (Å²) in [7, 11) is 0. The van der Waals surface area contributed by atoms with Crippen LogP contribution in [-0.2, 0) is 0 Å². The van der Waals surface area contributed by atoms with E-state index < -0.39 is 0 Å². The van der Waals surface area contributed by atoms with Gasteiger partial charge in [-0.3, -0.25) is 0 Å². The highest BCUT2D eigenvalue weighted by Gasteiger charge is 2.15. The lowest BCUT2D eigenvalue weighted by Crippen LogP contribution is -2.11. The number of nitrogens with two attached hydrogens (primary N) is 1. The fourth-order valence-corrected chi connectivity index (χ4v) is 2.82. The zero-order valence-electron chi connectivity index (χ0n) is 9.90. The van der Waals surface area contributed by atoms with Crippen LogP contribution in [0.5, 0.6) is 0 Å². The van der Waals surface area contributed by atoms with E-state index in [9.17, 15) is 0 Å². The van der Waals surface area contributed by atoms with Gasteiger partial charge in [0.25, 0.3) is 0 Å². The molecule has 2 N–H and O–H groups in total. The van der Waals surface area contributed by atoms with Gasteiger partial charge in [-0.15, -0.1) is 11.3 Å². The van der Waals surface area contributed by atoms with E-state index in [1.165, 1.54) is 11.3 Å². The van der Waals surface area contributed by atoms with Gasteiger partial charge in [-0.25, -0.2) is 0 Å². The smallest absolute Gasteiger partial charge is 0.105 e. The summed E-state index contributed by atoms with van der Waals surface area (Å²) >= 11 is 7.37. The van der Waals surface area contributed by atoms with Gasteiger partial charge in [0.2, 0.25) is 0 Å². The Labute approximate surface area is 119 Å². The van der Waals surface area contributed by atoms with Crippen molar-refractivity contribution in [3.63, 3.8) is 0 Å². The summed E-state index contributed by atoms with van der Waals surface area (Å²) in [6, 6.07) is 13.2. The van der Waals surface area contributed by atoms with Gasteiger partial charge < -0.3 is 5.73 Å². The number of halogens is 1. The van der Waals surface area contributed by atoms with E-state index in [4.69, 9.17) is 17.3 Å². The van der Waals surface area contributed by atoms with Crippen molar-refractivity contribution in [2.24, 2.45) is 5.73 Å². The van der Waals surface area contributed by atoms with Crippen LogP contribution >= 0.6 is 22.9 Å². The van der Waals surface area contributed by atoms with Crippen LogP contribution < -0.4 is 5.73 Å². The maximum atomic E-state index is 6.16. The van der Waals surface area contributed by atoms with Crippen molar-refractivity contribution in [1.29, 1.82) is 0 Å². The highest BCUT2D eigenvalue weighted by Crippen LogP contribution is 2.28. The molecule has 96 valence electrons. The number of hydrogen-bond donors (Lipinski definition) is 1. The second-order valence-electron chi connectivity index (χ2n) is 4.01. The standard InChI is InChI=1S/C13H11ClN4S/c14-12-7-6-11(19-12)13(15)10-8-16-18(17-10)9-4-2-1-3-5-9/h1-8,13H,15H2. The van der Waals surface area contributed by atoms with Gasteiger partial charge in [-0.2, -0.15) is 15.0 Å². The van der Waals surface area contributed by atoms with E-state index in [1.54, 1.807) is 11.0 Å². The van der Waals surface area contributed by atoms with Gasteiger partial charge in [0.1, 0.15) is 5.69 Å². The first-order valence-electron chi connectivity index (χ1n) is 5.72. The molecule has 0 aliphatic heterocycles. The molecule has 1 aromatic carbocycles. The number of nitrogens with zero attached hydrogens (tertiary/aromatic N) is 3. The molecule has 3 rings (SSSR count). The first-order valence-corrected chi connectivity index (χ1v) is 6.92. The molecule has 0 radical (unpaired) electrons. The Morgan fingerprint density at radius 3 is 2.63 bits per heavy atom. The molecule has 1 atom stereocenters. The molecule has 0 amide bonds. The normalized spacial score (nSPS) is 12.5. The second kappa shape index (κ2) is 5.13. The monoisotopic (exact) mass is 290 g/mol. The van der Waals surface area contributed by atoms with Crippen molar-refractivity contribution in [1.82, 2.24) is 15.0 Å². The number of para-hydroxylation sites is 1. The molecular formula is C13H11ClN4S. The molecule has 0 saturated heterocycles. The van der Waals surface area contributed by atoms with Gasteiger partial charge >= 0.3 is 0 Å². The lowest BCUT2D eigenvalue weighted by Gasteiger charge is -2.04. The zero-order valence-corrected chi connectivity index (χ0v) is 11.5. The fraction of sp³-hybridized carbons (Fsp3) is 0.0769. The Morgan fingerprint density at radius 2 is 1.95 bits per heavy atom. The molecule has 3 aromatic rings. The van der Waals surface area contributed by atoms with Crippen LogP contribution in [-0.4, -0.2) is 15.0 Å². The molecule has 0 bridgehead atoms. The third-order valence-electron chi connectivity index (χ3n) is 2.72. The van der Waals surface area contributed by atoms with E-state index in [1.807, 2.05) is 42.5 Å². The predicted octanol–water partition coefficient (Wildman–Crippen LogP) is 3.03. The molecule has 0 saturated carbocycles. The molecule has 0 aliphatic rings. The summed E-state index contributed by atoms with van der Waals surface area (Å²) in [5, 5.41) is 8.65.